The Bertz CT molecular complexity index is 677. The van der Waals surface area contributed by atoms with Gasteiger partial charge < -0.3 is 4.90 Å². The number of urea groups is 1. The van der Waals surface area contributed by atoms with Crippen LogP contribution in [-0.4, -0.2) is 27.7 Å². The van der Waals surface area contributed by atoms with Crippen LogP contribution in [0.15, 0.2) is 40.8 Å². The zero-order chi connectivity index (χ0) is 16.8. The molecule has 2 rings (SSSR count). The van der Waals surface area contributed by atoms with E-state index in [4.69, 9.17) is 0 Å². The van der Waals surface area contributed by atoms with E-state index in [9.17, 15) is 4.79 Å². The van der Waals surface area contributed by atoms with Crippen molar-refractivity contribution < 1.29 is 4.79 Å². The van der Waals surface area contributed by atoms with Gasteiger partial charge in [0.15, 0.2) is 0 Å². The SMILES string of the molecule is CCC(C)=NC(=O)N(Cc1cccc(-c2nccs2)c1)C(C)C. The number of thiazole rings is 1. The molecule has 0 aliphatic carbocycles. The number of rotatable bonds is 5. The summed E-state index contributed by atoms with van der Waals surface area (Å²) >= 11 is 1.61. The summed E-state index contributed by atoms with van der Waals surface area (Å²) in [7, 11) is 0. The van der Waals surface area contributed by atoms with Crippen molar-refractivity contribution in [3.63, 3.8) is 0 Å². The molecule has 5 heteroatoms. The maximum absolute atomic E-state index is 12.4. The number of hydrogen-bond donors (Lipinski definition) is 0. The lowest BCUT2D eigenvalue weighted by Gasteiger charge is -2.25. The van der Waals surface area contributed by atoms with Crippen molar-refractivity contribution in [2.45, 2.75) is 46.7 Å². The lowest BCUT2D eigenvalue weighted by molar-refractivity contribution is 0.190. The van der Waals surface area contributed by atoms with Crippen LogP contribution in [-0.2, 0) is 6.54 Å². The number of aromatic nitrogens is 1. The van der Waals surface area contributed by atoms with E-state index in [0.29, 0.717) is 6.54 Å². The molecule has 1 aromatic carbocycles. The third-order valence-electron chi connectivity index (χ3n) is 3.63. The molecule has 0 unspecified atom stereocenters. The zero-order valence-electron chi connectivity index (χ0n) is 14.1. The van der Waals surface area contributed by atoms with Crippen molar-refractivity contribution in [3.05, 3.63) is 41.4 Å². The van der Waals surface area contributed by atoms with E-state index in [2.05, 4.69) is 16.0 Å². The van der Waals surface area contributed by atoms with Crippen molar-refractivity contribution in [1.29, 1.82) is 0 Å². The van der Waals surface area contributed by atoms with E-state index in [1.165, 1.54) is 0 Å². The molecule has 0 spiro atoms. The average molecular weight is 329 g/mol. The molecule has 2 amide bonds. The molecule has 0 aliphatic heterocycles. The quantitative estimate of drug-likeness (QED) is 0.724. The monoisotopic (exact) mass is 329 g/mol. The second kappa shape index (κ2) is 8.02. The fourth-order valence-corrected chi connectivity index (χ4v) is 2.78. The summed E-state index contributed by atoms with van der Waals surface area (Å²) in [4.78, 5) is 22.7. The van der Waals surface area contributed by atoms with Crippen LogP contribution in [0.5, 0.6) is 0 Å². The largest absolute Gasteiger partial charge is 0.343 e. The Morgan fingerprint density at radius 2 is 2.17 bits per heavy atom. The first-order chi connectivity index (χ1) is 11.0. The summed E-state index contributed by atoms with van der Waals surface area (Å²) in [5.74, 6) is 0. The van der Waals surface area contributed by atoms with Gasteiger partial charge in [-0.1, -0.05) is 25.1 Å². The fraction of sp³-hybridized carbons (Fsp3) is 0.389. The van der Waals surface area contributed by atoms with Crippen LogP contribution in [0.4, 0.5) is 4.79 Å². The normalized spacial score (nSPS) is 11.8. The smallest absolute Gasteiger partial charge is 0.316 e. The van der Waals surface area contributed by atoms with Crippen LogP contribution < -0.4 is 0 Å². The number of carbonyl (C=O) groups excluding carboxylic acids is 1. The Morgan fingerprint density at radius 1 is 1.39 bits per heavy atom. The van der Waals surface area contributed by atoms with E-state index in [0.717, 1.165) is 28.3 Å². The summed E-state index contributed by atoms with van der Waals surface area (Å²) in [6.45, 7) is 8.47. The molecule has 2 aromatic rings. The predicted octanol–water partition coefficient (Wildman–Crippen LogP) is 5.01. The lowest BCUT2D eigenvalue weighted by atomic mass is 10.1. The summed E-state index contributed by atoms with van der Waals surface area (Å²) in [6.07, 6.45) is 2.59. The molecule has 0 N–H and O–H groups in total. The average Bonchev–Trinajstić information content (AvgIpc) is 3.06. The maximum atomic E-state index is 12.4. The summed E-state index contributed by atoms with van der Waals surface area (Å²) in [5, 5.41) is 2.96. The molecule has 4 nitrogen and oxygen atoms in total. The predicted molar refractivity (Wildman–Crippen MR) is 97.0 cm³/mol. The molecule has 0 saturated heterocycles. The number of amides is 2. The first kappa shape index (κ1) is 17.3. The van der Waals surface area contributed by atoms with Crippen molar-refractivity contribution in [3.8, 4) is 10.6 Å². The first-order valence-corrected chi connectivity index (χ1v) is 8.72. The van der Waals surface area contributed by atoms with Gasteiger partial charge >= 0.3 is 6.03 Å². The number of aliphatic imine (C=N–C) groups is 1. The van der Waals surface area contributed by atoms with Crippen molar-refractivity contribution in [1.82, 2.24) is 9.88 Å². The van der Waals surface area contributed by atoms with E-state index in [1.54, 1.807) is 22.4 Å². The highest BCUT2D eigenvalue weighted by molar-refractivity contribution is 7.13. The van der Waals surface area contributed by atoms with Crippen LogP contribution in [0.25, 0.3) is 10.6 Å². The van der Waals surface area contributed by atoms with Crippen LogP contribution in [0.2, 0.25) is 0 Å². The first-order valence-electron chi connectivity index (χ1n) is 7.84. The minimum absolute atomic E-state index is 0.0967. The molecule has 0 atom stereocenters. The molecule has 23 heavy (non-hydrogen) atoms. The van der Waals surface area contributed by atoms with E-state index in [-0.39, 0.29) is 12.1 Å². The molecule has 0 saturated carbocycles. The number of benzene rings is 1. The van der Waals surface area contributed by atoms with Crippen molar-refractivity contribution >= 4 is 23.1 Å². The highest BCUT2D eigenvalue weighted by Crippen LogP contribution is 2.23. The summed E-state index contributed by atoms with van der Waals surface area (Å²) in [6, 6.07) is 8.12. The summed E-state index contributed by atoms with van der Waals surface area (Å²) in [5.41, 5.74) is 3.03. The van der Waals surface area contributed by atoms with Gasteiger partial charge in [-0.05, 0) is 38.8 Å². The zero-order valence-corrected chi connectivity index (χ0v) is 14.9. The highest BCUT2D eigenvalue weighted by atomic mass is 32.1. The van der Waals surface area contributed by atoms with Gasteiger partial charge in [-0.2, -0.15) is 0 Å². The van der Waals surface area contributed by atoms with Crippen molar-refractivity contribution in [2.24, 2.45) is 4.99 Å². The van der Waals surface area contributed by atoms with Gasteiger partial charge in [-0.25, -0.2) is 14.8 Å². The molecule has 0 aliphatic rings. The second-order valence-corrected chi connectivity index (χ2v) is 6.64. The van der Waals surface area contributed by atoms with Gasteiger partial charge in [0.05, 0.1) is 0 Å². The third kappa shape index (κ3) is 4.73. The molecule has 122 valence electrons. The van der Waals surface area contributed by atoms with E-state index in [1.807, 2.05) is 51.3 Å². The standard InChI is InChI=1S/C18H23N3OS/c1-5-14(4)20-18(22)21(13(2)3)12-15-7-6-8-16(11-15)17-19-9-10-23-17/h6-11,13H,5,12H2,1-4H3. The van der Waals surface area contributed by atoms with Crippen LogP contribution in [0.1, 0.15) is 39.7 Å². The Balaban J connectivity index is 2.21. The molecule has 1 aromatic heterocycles. The van der Waals surface area contributed by atoms with Gasteiger partial charge in [0, 0.05) is 35.4 Å². The topological polar surface area (TPSA) is 45.6 Å². The van der Waals surface area contributed by atoms with Gasteiger partial charge in [-0.3, -0.25) is 0 Å². The van der Waals surface area contributed by atoms with Gasteiger partial charge in [-0.15, -0.1) is 11.3 Å². The Kier molecular flexibility index (Phi) is 6.04. The number of nitrogens with zero attached hydrogens (tertiary/aromatic N) is 3. The Labute approximate surface area is 141 Å². The van der Waals surface area contributed by atoms with E-state index >= 15 is 0 Å². The van der Waals surface area contributed by atoms with Gasteiger partial charge in [0.2, 0.25) is 0 Å². The second-order valence-electron chi connectivity index (χ2n) is 5.74. The fourth-order valence-electron chi connectivity index (χ4n) is 2.14. The van der Waals surface area contributed by atoms with Crippen LogP contribution in [0, 0.1) is 0 Å². The highest BCUT2D eigenvalue weighted by Gasteiger charge is 2.17. The Morgan fingerprint density at radius 3 is 2.78 bits per heavy atom. The van der Waals surface area contributed by atoms with Crippen molar-refractivity contribution in [2.75, 3.05) is 0 Å². The molecule has 0 bridgehead atoms. The lowest BCUT2D eigenvalue weighted by Crippen LogP contribution is -2.34. The Hall–Kier alpha value is -2.01. The van der Waals surface area contributed by atoms with Crippen LogP contribution in [0.3, 0.4) is 0 Å². The number of carbonyl (C=O) groups is 1. The molecular formula is C18H23N3OS. The molecule has 0 fully saturated rings. The van der Waals surface area contributed by atoms with Gasteiger partial charge in [0.1, 0.15) is 5.01 Å². The maximum Gasteiger partial charge on any atom is 0.343 e. The van der Waals surface area contributed by atoms with Gasteiger partial charge in [0.25, 0.3) is 0 Å². The molecule has 1 heterocycles. The molecule has 0 radical (unpaired) electrons. The third-order valence-corrected chi connectivity index (χ3v) is 4.45. The number of hydrogen-bond acceptors (Lipinski definition) is 3. The molecular weight excluding hydrogens is 306 g/mol. The summed E-state index contributed by atoms with van der Waals surface area (Å²) < 4.78 is 0. The minimum Gasteiger partial charge on any atom is -0.316 e. The van der Waals surface area contributed by atoms with Crippen LogP contribution >= 0.6 is 11.3 Å². The van der Waals surface area contributed by atoms with E-state index < -0.39 is 0 Å². The minimum atomic E-state index is -0.168.